The lowest BCUT2D eigenvalue weighted by Gasteiger charge is -2.28. The average Bonchev–Trinajstić information content (AvgIpc) is 3.17. The van der Waals surface area contributed by atoms with Crippen LogP contribution in [-0.4, -0.2) is 31.1 Å². The van der Waals surface area contributed by atoms with E-state index in [1.165, 1.54) is 29.1 Å². The zero-order valence-corrected chi connectivity index (χ0v) is 17.8. The number of hydrogen-bond acceptors (Lipinski definition) is 6. The van der Waals surface area contributed by atoms with E-state index < -0.39 is 0 Å². The number of nitrogens with zero attached hydrogens (tertiary/aromatic N) is 4. The van der Waals surface area contributed by atoms with Gasteiger partial charge in [0.15, 0.2) is 5.17 Å². The van der Waals surface area contributed by atoms with E-state index in [2.05, 4.69) is 62.2 Å². The number of nitrogens with one attached hydrogen (secondary N) is 1. The lowest BCUT2D eigenvalue weighted by molar-refractivity contribution is -0.115. The Hall–Kier alpha value is -2.61. The topological polar surface area (TPSA) is 92.4 Å². The second-order valence-corrected chi connectivity index (χ2v) is 9.81. The van der Waals surface area contributed by atoms with Gasteiger partial charge in [-0.05, 0) is 46.4 Å². The van der Waals surface area contributed by atoms with E-state index in [1.54, 1.807) is 0 Å². The summed E-state index contributed by atoms with van der Waals surface area (Å²) in [7, 11) is 0. The fourth-order valence-electron chi connectivity index (χ4n) is 2.86. The van der Waals surface area contributed by atoms with Gasteiger partial charge in [-0.1, -0.05) is 41.5 Å². The maximum Gasteiger partial charge on any atom is 0.264 e. The van der Waals surface area contributed by atoms with Gasteiger partial charge in [-0.2, -0.15) is 0 Å². The molecule has 28 heavy (non-hydrogen) atoms. The first-order valence-corrected chi connectivity index (χ1v) is 9.79. The molecule has 8 heteroatoms. The maximum atomic E-state index is 12.4. The van der Waals surface area contributed by atoms with Crippen LogP contribution in [-0.2, 0) is 15.6 Å². The molecular weight excluding hydrogens is 374 g/mol. The third-order valence-corrected chi connectivity index (χ3v) is 5.21. The maximum absolute atomic E-state index is 12.4. The van der Waals surface area contributed by atoms with Crippen LogP contribution in [0.5, 0.6) is 5.75 Å². The number of carbonyl (C=O) groups is 1. The molecule has 1 aromatic carbocycles. The van der Waals surface area contributed by atoms with Crippen LogP contribution in [0.3, 0.4) is 0 Å². The fraction of sp³-hybridized carbons (Fsp3) is 0.400. The van der Waals surface area contributed by atoms with Crippen molar-refractivity contribution in [2.75, 3.05) is 0 Å². The third kappa shape index (κ3) is 4.27. The zero-order valence-electron chi connectivity index (χ0n) is 16.9. The number of phenols is 1. The SMILES string of the molecule is CC(C)(C)c1cc(/C=C2\S/C(=N\n3cnnc3)NC2=O)cc(C(C)(C)C)c1O. The first-order chi connectivity index (χ1) is 12.9. The smallest absolute Gasteiger partial charge is 0.264 e. The van der Waals surface area contributed by atoms with Crippen LogP contribution in [0.4, 0.5) is 0 Å². The lowest BCUT2D eigenvalue weighted by atomic mass is 9.78. The molecule has 2 N–H and O–H groups in total. The minimum atomic E-state index is -0.231. The molecule has 0 unspecified atom stereocenters. The monoisotopic (exact) mass is 399 g/mol. The molecule has 3 rings (SSSR count). The van der Waals surface area contributed by atoms with Crippen molar-refractivity contribution in [2.24, 2.45) is 5.10 Å². The molecule has 1 aliphatic heterocycles. The Morgan fingerprint density at radius 1 is 1.07 bits per heavy atom. The first-order valence-electron chi connectivity index (χ1n) is 8.97. The molecule has 0 radical (unpaired) electrons. The van der Waals surface area contributed by atoms with Gasteiger partial charge >= 0.3 is 0 Å². The summed E-state index contributed by atoms with van der Waals surface area (Å²) in [5.74, 6) is 0.111. The Labute approximate surface area is 168 Å². The van der Waals surface area contributed by atoms with Gasteiger partial charge in [-0.25, -0.2) is 4.68 Å². The summed E-state index contributed by atoms with van der Waals surface area (Å²) in [6, 6.07) is 3.89. The van der Waals surface area contributed by atoms with E-state index in [4.69, 9.17) is 0 Å². The van der Waals surface area contributed by atoms with Crippen molar-refractivity contribution in [3.63, 3.8) is 0 Å². The highest BCUT2D eigenvalue weighted by atomic mass is 32.2. The van der Waals surface area contributed by atoms with Crippen molar-refractivity contribution < 1.29 is 9.90 Å². The number of thioether (sulfide) groups is 1. The van der Waals surface area contributed by atoms with Gasteiger partial charge in [0, 0.05) is 11.1 Å². The number of rotatable bonds is 2. The van der Waals surface area contributed by atoms with E-state index in [9.17, 15) is 9.90 Å². The number of amidine groups is 1. The summed E-state index contributed by atoms with van der Waals surface area (Å²) in [4.78, 5) is 12.9. The van der Waals surface area contributed by atoms with Gasteiger partial charge in [-0.15, -0.1) is 15.3 Å². The molecule has 1 aromatic heterocycles. The van der Waals surface area contributed by atoms with Crippen LogP contribution in [0.15, 0.2) is 34.8 Å². The Morgan fingerprint density at radius 3 is 2.11 bits per heavy atom. The summed E-state index contributed by atoms with van der Waals surface area (Å²) in [5.41, 5.74) is 2.12. The summed E-state index contributed by atoms with van der Waals surface area (Å²) in [5, 5.41) is 25.7. The van der Waals surface area contributed by atoms with Crippen molar-refractivity contribution in [1.29, 1.82) is 0 Å². The van der Waals surface area contributed by atoms with Gasteiger partial charge in [-0.3, -0.25) is 10.1 Å². The van der Waals surface area contributed by atoms with E-state index in [0.717, 1.165) is 16.7 Å². The largest absolute Gasteiger partial charge is 0.507 e. The number of benzene rings is 1. The van der Waals surface area contributed by atoms with E-state index in [1.807, 2.05) is 18.2 Å². The summed E-state index contributed by atoms with van der Waals surface area (Å²) >= 11 is 1.25. The molecule has 2 aromatic rings. The average molecular weight is 400 g/mol. The molecular formula is C20H25N5O2S. The second kappa shape index (κ2) is 7.09. The van der Waals surface area contributed by atoms with Crippen molar-refractivity contribution in [1.82, 2.24) is 20.2 Å². The molecule has 2 heterocycles. The van der Waals surface area contributed by atoms with Crippen LogP contribution < -0.4 is 5.32 Å². The van der Waals surface area contributed by atoms with Crippen LogP contribution in [0.2, 0.25) is 0 Å². The molecule has 1 fully saturated rings. The minimum absolute atomic E-state index is 0.209. The third-order valence-electron chi connectivity index (χ3n) is 4.31. The van der Waals surface area contributed by atoms with Crippen LogP contribution in [0, 0.1) is 0 Å². The molecule has 0 saturated carbocycles. The standard InChI is InChI=1S/C20H25N5O2S/c1-19(2,3)13-7-12(8-14(16(13)26)20(4,5)6)9-15-17(27)23-18(28-15)24-25-10-21-22-11-25/h7-11,26H,1-6H3,(H,23,24,27)/b15-9-. The summed E-state index contributed by atoms with van der Waals surface area (Å²) in [6.45, 7) is 12.4. The molecule has 0 bridgehead atoms. The quantitative estimate of drug-likeness (QED) is 0.753. The summed E-state index contributed by atoms with van der Waals surface area (Å²) < 4.78 is 1.43. The second-order valence-electron chi connectivity index (χ2n) is 8.78. The molecule has 148 valence electrons. The Bertz CT molecular complexity index is 928. The van der Waals surface area contributed by atoms with Gasteiger partial charge < -0.3 is 5.11 Å². The van der Waals surface area contributed by atoms with Crippen molar-refractivity contribution in [3.8, 4) is 5.75 Å². The number of amides is 1. The fourth-order valence-corrected chi connectivity index (χ4v) is 3.69. The Morgan fingerprint density at radius 2 is 1.61 bits per heavy atom. The minimum Gasteiger partial charge on any atom is -0.507 e. The van der Waals surface area contributed by atoms with Crippen LogP contribution in [0.25, 0.3) is 6.08 Å². The number of aromatic hydroxyl groups is 1. The van der Waals surface area contributed by atoms with Crippen molar-refractivity contribution in [2.45, 2.75) is 52.4 Å². The van der Waals surface area contributed by atoms with E-state index >= 15 is 0 Å². The first kappa shape index (κ1) is 20.1. The zero-order chi connectivity index (χ0) is 20.7. The summed E-state index contributed by atoms with van der Waals surface area (Å²) in [6.07, 6.45) is 4.73. The molecule has 1 amide bonds. The molecule has 1 aliphatic rings. The molecule has 0 atom stereocenters. The number of aromatic nitrogens is 3. The lowest BCUT2D eigenvalue weighted by Crippen LogP contribution is -2.20. The normalized spacial score (nSPS) is 18.1. The van der Waals surface area contributed by atoms with E-state index in [-0.39, 0.29) is 16.7 Å². The van der Waals surface area contributed by atoms with Gasteiger partial charge in [0.2, 0.25) is 0 Å². The molecule has 0 aliphatic carbocycles. The molecule has 1 saturated heterocycles. The van der Waals surface area contributed by atoms with Gasteiger partial charge in [0.25, 0.3) is 5.91 Å². The van der Waals surface area contributed by atoms with Crippen molar-refractivity contribution >= 4 is 28.9 Å². The Balaban J connectivity index is 2.03. The number of hydrogen-bond donors (Lipinski definition) is 2. The van der Waals surface area contributed by atoms with Gasteiger partial charge in [0.1, 0.15) is 18.4 Å². The van der Waals surface area contributed by atoms with Crippen molar-refractivity contribution in [3.05, 3.63) is 46.4 Å². The number of phenolic OH excluding ortho intramolecular Hbond substituents is 1. The van der Waals surface area contributed by atoms with E-state index in [0.29, 0.717) is 15.8 Å². The highest BCUT2D eigenvalue weighted by Gasteiger charge is 2.28. The predicted molar refractivity (Wildman–Crippen MR) is 112 cm³/mol. The molecule has 0 spiro atoms. The Kier molecular flexibility index (Phi) is 5.10. The highest BCUT2D eigenvalue weighted by molar-refractivity contribution is 8.18. The number of carbonyl (C=O) groups excluding carboxylic acids is 1. The highest BCUT2D eigenvalue weighted by Crippen LogP contribution is 2.40. The van der Waals surface area contributed by atoms with Gasteiger partial charge in [0.05, 0.1) is 4.91 Å². The predicted octanol–water partition coefficient (Wildman–Crippen LogP) is 3.60. The van der Waals surface area contributed by atoms with Crippen LogP contribution >= 0.6 is 11.8 Å². The molecule has 7 nitrogen and oxygen atoms in total. The van der Waals surface area contributed by atoms with Crippen LogP contribution in [0.1, 0.15) is 58.2 Å².